The molecule has 0 spiro atoms. The van der Waals surface area contributed by atoms with Crippen molar-refractivity contribution in [3.05, 3.63) is 54.3 Å². The van der Waals surface area contributed by atoms with Crippen LogP contribution in [0.3, 0.4) is 0 Å². The van der Waals surface area contributed by atoms with Crippen molar-refractivity contribution in [1.29, 1.82) is 0 Å². The molecule has 2 aromatic rings. The lowest BCUT2D eigenvalue weighted by atomic mass is 10.1. The van der Waals surface area contributed by atoms with Gasteiger partial charge in [0.2, 0.25) is 11.8 Å². The third-order valence-corrected chi connectivity index (χ3v) is 4.71. The molecule has 1 atom stereocenters. The van der Waals surface area contributed by atoms with Crippen LogP contribution in [-0.2, 0) is 9.59 Å². The van der Waals surface area contributed by atoms with Crippen LogP contribution in [0.5, 0.6) is 0 Å². The summed E-state index contributed by atoms with van der Waals surface area (Å²) in [5.41, 5.74) is 0.603. The Kier molecular flexibility index (Phi) is 5.51. The zero-order valence-corrected chi connectivity index (χ0v) is 14.3. The monoisotopic (exact) mass is 380 g/mol. The zero-order valence-electron chi connectivity index (χ0n) is 13.5. The van der Waals surface area contributed by atoms with Crippen LogP contribution in [0.1, 0.15) is 6.42 Å². The van der Waals surface area contributed by atoms with Crippen molar-refractivity contribution in [1.82, 2.24) is 0 Å². The number of hydrogen-bond donors (Lipinski definition) is 1. The molecule has 0 unspecified atom stereocenters. The van der Waals surface area contributed by atoms with Crippen LogP contribution >= 0.6 is 11.8 Å². The molecule has 1 saturated heterocycles. The third-order valence-electron chi connectivity index (χ3n) is 3.99. The van der Waals surface area contributed by atoms with Gasteiger partial charge in [-0.1, -0.05) is 23.9 Å². The van der Waals surface area contributed by atoms with E-state index in [1.54, 1.807) is 6.07 Å². The van der Waals surface area contributed by atoms with E-state index >= 15 is 0 Å². The fourth-order valence-electron chi connectivity index (χ4n) is 2.75. The molecule has 1 aliphatic heterocycles. The average molecular weight is 380 g/mol. The van der Waals surface area contributed by atoms with Gasteiger partial charge in [-0.15, -0.1) is 0 Å². The maximum absolute atomic E-state index is 13.9. The summed E-state index contributed by atoms with van der Waals surface area (Å²) in [5.74, 6) is -4.33. The number of nitrogens with one attached hydrogen (secondary N) is 1. The Morgan fingerprint density at radius 2 is 1.85 bits per heavy atom. The van der Waals surface area contributed by atoms with Gasteiger partial charge in [0.05, 0.1) is 11.6 Å². The molecule has 4 nitrogen and oxygen atoms in total. The van der Waals surface area contributed by atoms with E-state index in [9.17, 15) is 22.8 Å². The number of carbonyl (C=O) groups is 2. The molecule has 0 bridgehead atoms. The number of alkyl halides is 2. The maximum Gasteiger partial charge on any atom is 0.288 e. The number of carbonyl (C=O) groups excluding carboxylic acids is 2. The van der Waals surface area contributed by atoms with Crippen molar-refractivity contribution in [2.45, 2.75) is 17.1 Å². The zero-order chi connectivity index (χ0) is 18.7. The number of hydrogen-bond acceptors (Lipinski definition) is 3. The van der Waals surface area contributed by atoms with E-state index < -0.39 is 17.5 Å². The third kappa shape index (κ3) is 4.19. The summed E-state index contributed by atoms with van der Waals surface area (Å²) in [5, 5.41) is 2.66. The predicted molar refractivity (Wildman–Crippen MR) is 93.8 cm³/mol. The lowest BCUT2D eigenvalue weighted by Crippen LogP contribution is -2.28. The Balaban J connectivity index is 1.64. The molecule has 0 saturated carbocycles. The van der Waals surface area contributed by atoms with Crippen LogP contribution in [0.2, 0.25) is 0 Å². The van der Waals surface area contributed by atoms with E-state index in [0.717, 1.165) is 0 Å². The van der Waals surface area contributed by atoms with E-state index in [4.69, 9.17) is 0 Å². The second-order valence-electron chi connectivity index (χ2n) is 5.75. The molecule has 0 aliphatic carbocycles. The number of anilines is 2. The molecule has 0 radical (unpaired) electrons. The van der Waals surface area contributed by atoms with Gasteiger partial charge in [0, 0.05) is 23.5 Å². The summed E-state index contributed by atoms with van der Waals surface area (Å²) in [7, 11) is 0. The number of rotatable bonds is 5. The van der Waals surface area contributed by atoms with Gasteiger partial charge >= 0.3 is 0 Å². The Hall–Kier alpha value is -2.48. The fraction of sp³-hybridized carbons (Fsp3) is 0.222. The van der Waals surface area contributed by atoms with Gasteiger partial charge in [0.15, 0.2) is 0 Å². The summed E-state index contributed by atoms with van der Waals surface area (Å²) in [6.45, 7) is 0.0882. The first kappa shape index (κ1) is 18.3. The van der Waals surface area contributed by atoms with Crippen LogP contribution in [0.4, 0.5) is 24.5 Å². The Bertz CT molecular complexity index is 814. The van der Waals surface area contributed by atoms with E-state index in [1.807, 2.05) is 0 Å². The number of nitrogens with zero attached hydrogens (tertiary/aromatic N) is 1. The largest absolute Gasteiger partial charge is 0.326 e. The minimum absolute atomic E-state index is 0.0144. The number of benzene rings is 2. The molecule has 1 aliphatic rings. The van der Waals surface area contributed by atoms with E-state index in [0.29, 0.717) is 22.3 Å². The highest BCUT2D eigenvalue weighted by molar-refractivity contribution is 7.99. The molecular weight excluding hydrogens is 365 g/mol. The lowest BCUT2D eigenvalue weighted by molar-refractivity contribution is -0.122. The Morgan fingerprint density at radius 1 is 1.15 bits per heavy atom. The van der Waals surface area contributed by atoms with Crippen molar-refractivity contribution in [3.8, 4) is 0 Å². The first-order valence-corrected chi connectivity index (χ1v) is 8.72. The topological polar surface area (TPSA) is 49.4 Å². The predicted octanol–water partition coefficient (Wildman–Crippen LogP) is 4.13. The maximum atomic E-state index is 13.9. The number of para-hydroxylation sites is 1. The van der Waals surface area contributed by atoms with E-state index in [1.165, 1.54) is 47.4 Å². The number of thioether (sulfide) groups is 1. The van der Waals surface area contributed by atoms with E-state index in [-0.39, 0.29) is 30.5 Å². The summed E-state index contributed by atoms with van der Waals surface area (Å²) in [6, 6.07) is 11.9. The van der Waals surface area contributed by atoms with Crippen LogP contribution in [0.15, 0.2) is 53.4 Å². The summed E-state index contributed by atoms with van der Waals surface area (Å²) >= 11 is 0.418. The summed E-state index contributed by atoms with van der Waals surface area (Å²) < 4.78 is 38.5. The fourth-order valence-corrected chi connectivity index (χ4v) is 3.25. The average Bonchev–Trinajstić information content (AvgIpc) is 2.98. The molecule has 1 heterocycles. The minimum atomic E-state index is -2.51. The van der Waals surface area contributed by atoms with Gasteiger partial charge in [-0.05, 0) is 36.4 Å². The second-order valence-corrected chi connectivity index (χ2v) is 6.81. The molecule has 26 heavy (non-hydrogen) atoms. The van der Waals surface area contributed by atoms with Crippen molar-refractivity contribution < 1.29 is 22.8 Å². The highest BCUT2D eigenvalue weighted by Gasteiger charge is 2.36. The van der Waals surface area contributed by atoms with Gasteiger partial charge in [-0.2, -0.15) is 8.78 Å². The van der Waals surface area contributed by atoms with Gasteiger partial charge in [-0.25, -0.2) is 4.39 Å². The van der Waals surface area contributed by atoms with Crippen molar-refractivity contribution in [2.75, 3.05) is 16.8 Å². The van der Waals surface area contributed by atoms with Crippen molar-refractivity contribution in [2.24, 2.45) is 5.92 Å². The first-order valence-electron chi connectivity index (χ1n) is 7.84. The molecule has 8 heteroatoms. The highest BCUT2D eigenvalue weighted by Crippen LogP contribution is 2.29. The smallest absolute Gasteiger partial charge is 0.288 e. The van der Waals surface area contributed by atoms with Crippen LogP contribution < -0.4 is 10.2 Å². The van der Waals surface area contributed by atoms with Crippen LogP contribution in [-0.4, -0.2) is 24.1 Å². The molecule has 1 N–H and O–H groups in total. The normalized spacial score (nSPS) is 17.0. The summed E-state index contributed by atoms with van der Waals surface area (Å²) in [6.07, 6.45) is -0.0144. The van der Waals surface area contributed by atoms with Gasteiger partial charge in [0.1, 0.15) is 5.82 Å². The van der Waals surface area contributed by atoms with Crippen LogP contribution in [0, 0.1) is 11.7 Å². The molecule has 0 aromatic heterocycles. The quantitative estimate of drug-likeness (QED) is 0.794. The molecule has 2 amide bonds. The first-order chi connectivity index (χ1) is 12.4. The van der Waals surface area contributed by atoms with Gasteiger partial charge in [0.25, 0.3) is 5.76 Å². The van der Waals surface area contributed by atoms with Gasteiger partial charge < -0.3 is 10.2 Å². The molecule has 1 fully saturated rings. The highest BCUT2D eigenvalue weighted by atomic mass is 32.2. The Morgan fingerprint density at radius 3 is 2.50 bits per heavy atom. The number of amides is 2. The van der Waals surface area contributed by atoms with E-state index in [2.05, 4.69) is 5.32 Å². The number of halogens is 3. The summed E-state index contributed by atoms with van der Waals surface area (Å²) in [4.78, 5) is 26.2. The molecule has 136 valence electrons. The lowest BCUT2D eigenvalue weighted by Gasteiger charge is -2.17. The SMILES string of the molecule is O=C(Nc1ccc(SC(F)F)cc1)[C@H]1CC(=O)N(c2ccccc2F)C1. The minimum Gasteiger partial charge on any atom is -0.326 e. The van der Waals surface area contributed by atoms with Crippen molar-refractivity contribution >= 4 is 35.0 Å². The molecule has 2 aromatic carbocycles. The van der Waals surface area contributed by atoms with Crippen molar-refractivity contribution in [3.63, 3.8) is 0 Å². The Labute approximate surface area is 152 Å². The van der Waals surface area contributed by atoms with Crippen LogP contribution in [0.25, 0.3) is 0 Å². The van der Waals surface area contributed by atoms with Gasteiger partial charge in [-0.3, -0.25) is 9.59 Å². The standard InChI is InChI=1S/C18H15F3N2O2S/c19-14-3-1-2-4-15(14)23-10-11(9-16(23)24)17(25)22-12-5-7-13(8-6-12)26-18(20)21/h1-8,11,18H,9-10H2,(H,22,25)/t11-/m0/s1. The molecule has 3 rings (SSSR count). The molecular formula is C18H15F3N2O2S. The second kappa shape index (κ2) is 7.82.